The van der Waals surface area contributed by atoms with Crippen molar-refractivity contribution < 1.29 is 18.0 Å². The van der Waals surface area contributed by atoms with Crippen LogP contribution in [0.3, 0.4) is 0 Å². The second-order valence-corrected chi connectivity index (χ2v) is 3.43. The van der Waals surface area contributed by atoms with E-state index in [1.54, 1.807) is 0 Å². The van der Waals surface area contributed by atoms with Gasteiger partial charge in [0.1, 0.15) is 0 Å². The minimum atomic E-state index is -4.65. The van der Waals surface area contributed by atoms with Gasteiger partial charge in [0, 0.05) is 0 Å². The number of hydrogen-bond donors (Lipinski definition) is 1. The Balaban J connectivity index is 3.49. The summed E-state index contributed by atoms with van der Waals surface area (Å²) in [6.07, 6.45) is -4.65. The van der Waals surface area contributed by atoms with Crippen molar-refractivity contribution >= 4 is 29.1 Å². The van der Waals surface area contributed by atoms with Crippen molar-refractivity contribution in [2.75, 3.05) is 0 Å². The molecule has 0 aliphatic rings. The Morgan fingerprint density at radius 3 is 2.20 bits per heavy atom. The van der Waals surface area contributed by atoms with Crippen LogP contribution >= 0.6 is 23.2 Å². The van der Waals surface area contributed by atoms with Crippen molar-refractivity contribution in [2.45, 2.75) is 6.18 Å². The van der Waals surface area contributed by atoms with Crippen LogP contribution < -0.4 is 5.73 Å². The minimum absolute atomic E-state index is 0.208. The summed E-state index contributed by atoms with van der Waals surface area (Å²) in [4.78, 5) is 10.8. The Bertz CT molecular complexity index is 417. The molecule has 1 aromatic rings. The van der Waals surface area contributed by atoms with Crippen LogP contribution in [-0.4, -0.2) is 5.91 Å². The largest absolute Gasteiger partial charge is 0.417 e. The maximum absolute atomic E-state index is 12.3. The summed E-state index contributed by atoms with van der Waals surface area (Å²) in [6, 6.07) is 1.62. The van der Waals surface area contributed by atoms with Gasteiger partial charge in [-0.05, 0) is 12.1 Å². The van der Waals surface area contributed by atoms with Gasteiger partial charge in [0.15, 0.2) is 0 Å². The number of alkyl halides is 3. The van der Waals surface area contributed by atoms with Gasteiger partial charge in [-0.1, -0.05) is 23.2 Å². The molecule has 1 aromatic carbocycles. The first-order chi connectivity index (χ1) is 6.75. The van der Waals surface area contributed by atoms with Gasteiger partial charge >= 0.3 is 6.18 Å². The van der Waals surface area contributed by atoms with Crippen molar-refractivity contribution in [1.82, 2.24) is 0 Å². The van der Waals surface area contributed by atoms with Gasteiger partial charge in [-0.15, -0.1) is 0 Å². The molecule has 0 saturated carbocycles. The van der Waals surface area contributed by atoms with Crippen molar-refractivity contribution in [3.8, 4) is 0 Å². The number of rotatable bonds is 1. The Kier molecular flexibility index (Phi) is 3.16. The maximum atomic E-state index is 12.3. The Morgan fingerprint density at radius 2 is 1.80 bits per heavy atom. The monoisotopic (exact) mass is 257 g/mol. The van der Waals surface area contributed by atoms with E-state index in [0.717, 1.165) is 6.07 Å². The van der Waals surface area contributed by atoms with E-state index in [2.05, 4.69) is 0 Å². The highest BCUT2D eigenvalue weighted by atomic mass is 35.5. The second kappa shape index (κ2) is 3.90. The third-order valence-electron chi connectivity index (χ3n) is 1.64. The lowest BCUT2D eigenvalue weighted by Gasteiger charge is -2.11. The van der Waals surface area contributed by atoms with E-state index in [1.807, 2.05) is 0 Å². The molecule has 0 aromatic heterocycles. The van der Waals surface area contributed by atoms with Crippen molar-refractivity contribution in [3.63, 3.8) is 0 Å². The van der Waals surface area contributed by atoms with Gasteiger partial charge in [-0.25, -0.2) is 0 Å². The number of nitrogens with two attached hydrogens (primary N) is 1. The third-order valence-corrected chi connectivity index (χ3v) is 2.35. The average Bonchev–Trinajstić information content (AvgIpc) is 2.00. The molecule has 7 heteroatoms. The highest BCUT2D eigenvalue weighted by Gasteiger charge is 2.35. The van der Waals surface area contributed by atoms with Gasteiger partial charge in [-0.3, -0.25) is 4.79 Å². The number of hydrogen-bond acceptors (Lipinski definition) is 1. The molecule has 0 aliphatic carbocycles. The van der Waals surface area contributed by atoms with E-state index in [0.29, 0.717) is 6.07 Å². The van der Waals surface area contributed by atoms with E-state index in [1.165, 1.54) is 0 Å². The van der Waals surface area contributed by atoms with E-state index < -0.39 is 28.2 Å². The molecule has 0 bridgehead atoms. The third kappa shape index (κ3) is 2.35. The standard InChI is InChI=1S/C8H4Cl2F3NO/c9-4-2-1-3(8(11,12)13)6(10)5(4)7(14)15/h1-2H,(H2,14,15). The number of primary amides is 1. The predicted molar refractivity (Wildman–Crippen MR) is 50.0 cm³/mol. The maximum Gasteiger partial charge on any atom is 0.417 e. The summed E-state index contributed by atoms with van der Waals surface area (Å²) in [5.41, 5.74) is 3.20. The van der Waals surface area contributed by atoms with Crippen LogP contribution in [0.4, 0.5) is 13.2 Å². The normalized spacial score (nSPS) is 11.5. The predicted octanol–water partition coefficient (Wildman–Crippen LogP) is 3.11. The molecular formula is C8H4Cl2F3NO. The summed E-state index contributed by atoms with van der Waals surface area (Å²) < 4.78 is 37.0. The quantitative estimate of drug-likeness (QED) is 0.826. The summed E-state index contributed by atoms with van der Waals surface area (Å²) in [7, 11) is 0. The summed E-state index contributed by atoms with van der Waals surface area (Å²) in [5.74, 6) is -1.10. The van der Waals surface area contributed by atoms with Crippen LogP contribution in [0, 0.1) is 0 Å². The summed E-state index contributed by atoms with van der Waals surface area (Å²) in [5, 5.41) is -0.983. The van der Waals surface area contributed by atoms with Crippen molar-refractivity contribution in [1.29, 1.82) is 0 Å². The van der Waals surface area contributed by atoms with E-state index in [4.69, 9.17) is 28.9 Å². The zero-order valence-electron chi connectivity index (χ0n) is 7.03. The first kappa shape index (κ1) is 12.1. The van der Waals surface area contributed by atoms with Crippen LogP contribution in [0.15, 0.2) is 12.1 Å². The zero-order valence-corrected chi connectivity index (χ0v) is 8.54. The first-order valence-electron chi connectivity index (χ1n) is 3.60. The number of carbonyl (C=O) groups is 1. The minimum Gasteiger partial charge on any atom is -0.366 e. The topological polar surface area (TPSA) is 43.1 Å². The second-order valence-electron chi connectivity index (χ2n) is 2.65. The molecule has 0 heterocycles. The van der Waals surface area contributed by atoms with E-state index >= 15 is 0 Å². The van der Waals surface area contributed by atoms with Crippen molar-refractivity contribution in [3.05, 3.63) is 33.3 Å². The summed E-state index contributed by atoms with van der Waals surface area (Å²) in [6.45, 7) is 0. The fourth-order valence-corrected chi connectivity index (χ4v) is 1.66. The number of halogens is 5. The number of benzene rings is 1. The van der Waals surface area contributed by atoms with E-state index in [9.17, 15) is 18.0 Å². The molecule has 0 spiro atoms. The van der Waals surface area contributed by atoms with Gasteiger partial charge in [0.2, 0.25) is 0 Å². The molecule has 0 unspecified atom stereocenters. The zero-order chi connectivity index (χ0) is 11.8. The van der Waals surface area contributed by atoms with Crippen LogP contribution in [0.25, 0.3) is 0 Å². The van der Waals surface area contributed by atoms with Crippen LogP contribution in [0.1, 0.15) is 15.9 Å². The molecule has 0 aliphatic heterocycles. The SMILES string of the molecule is NC(=O)c1c(Cl)ccc(C(F)(F)F)c1Cl. The molecule has 1 amide bonds. The van der Waals surface area contributed by atoms with Gasteiger partial charge in [0.25, 0.3) is 5.91 Å². The average molecular weight is 258 g/mol. The lowest BCUT2D eigenvalue weighted by atomic mass is 10.1. The molecule has 0 saturated heterocycles. The number of amides is 1. The van der Waals surface area contributed by atoms with Gasteiger partial charge < -0.3 is 5.73 Å². The molecule has 0 fully saturated rings. The van der Waals surface area contributed by atoms with Crippen LogP contribution in [0.2, 0.25) is 10.0 Å². The first-order valence-corrected chi connectivity index (χ1v) is 4.35. The highest BCUT2D eigenvalue weighted by Crippen LogP contribution is 2.38. The van der Waals surface area contributed by atoms with Crippen molar-refractivity contribution in [2.24, 2.45) is 5.73 Å². The lowest BCUT2D eigenvalue weighted by Crippen LogP contribution is -2.15. The van der Waals surface area contributed by atoms with Gasteiger partial charge in [-0.2, -0.15) is 13.2 Å². The number of carbonyl (C=O) groups excluding carboxylic acids is 1. The molecule has 0 radical (unpaired) electrons. The molecule has 2 nitrogen and oxygen atoms in total. The molecule has 0 atom stereocenters. The Labute approximate surface area is 92.8 Å². The fraction of sp³-hybridized carbons (Fsp3) is 0.125. The highest BCUT2D eigenvalue weighted by molar-refractivity contribution is 6.40. The van der Waals surface area contributed by atoms with Crippen LogP contribution in [-0.2, 0) is 6.18 Å². The molecule has 82 valence electrons. The molecule has 1 rings (SSSR count). The molecule has 15 heavy (non-hydrogen) atoms. The van der Waals surface area contributed by atoms with Gasteiger partial charge in [0.05, 0.1) is 21.2 Å². The Hall–Kier alpha value is -0.940. The van der Waals surface area contributed by atoms with Crippen LogP contribution in [0.5, 0.6) is 0 Å². The Morgan fingerprint density at radius 1 is 1.27 bits per heavy atom. The fourth-order valence-electron chi connectivity index (χ4n) is 0.997. The summed E-state index contributed by atoms with van der Waals surface area (Å²) >= 11 is 10.9. The lowest BCUT2D eigenvalue weighted by molar-refractivity contribution is -0.137. The van der Waals surface area contributed by atoms with E-state index in [-0.39, 0.29) is 5.02 Å². The molecular weight excluding hydrogens is 254 g/mol. The smallest absolute Gasteiger partial charge is 0.366 e. The molecule has 2 N–H and O–H groups in total.